The number of nitrogens with zero attached hydrogens (tertiary/aromatic N) is 2. The lowest BCUT2D eigenvalue weighted by Crippen LogP contribution is -2.67. The average molecular weight is 1160 g/mol. The number of hydrogen-bond donors (Lipinski definition) is 0. The highest BCUT2D eigenvalue weighted by atomic mass is 28.5. The van der Waals surface area contributed by atoms with Crippen LogP contribution < -0.4 is 9.80 Å². The molecule has 2 heterocycles. The summed E-state index contributed by atoms with van der Waals surface area (Å²) in [4.78, 5) is 32.7. The molecule has 0 spiro atoms. The van der Waals surface area contributed by atoms with E-state index in [1.165, 1.54) is 0 Å². The molecule has 2 fully saturated rings. The quantitative estimate of drug-likeness (QED) is 0.0743. The van der Waals surface area contributed by atoms with E-state index in [1.54, 1.807) is 0 Å². The van der Waals surface area contributed by atoms with Crippen LogP contribution >= 0.6 is 0 Å². The summed E-state index contributed by atoms with van der Waals surface area (Å²) in [5, 5.41) is 0. The number of amides is 2. The van der Waals surface area contributed by atoms with Gasteiger partial charge >= 0.3 is 68.5 Å². The Morgan fingerprint density at radius 3 is 0.873 bits per heavy atom. The molecular weight excluding hydrogens is 1060 g/mol. The van der Waals surface area contributed by atoms with Crippen LogP contribution in [0.2, 0.25) is 151 Å². The van der Waals surface area contributed by atoms with Crippen molar-refractivity contribution in [3.8, 4) is 0 Å². The minimum absolute atomic E-state index is 0.166. The van der Waals surface area contributed by atoms with E-state index in [0.29, 0.717) is 13.1 Å². The van der Waals surface area contributed by atoms with E-state index in [0.717, 1.165) is 96.7 Å². The molecule has 4 rings (SSSR count). The maximum Gasteiger partial charge on any atom is 0.317 e. The van der Waals surface area contributed by atoms with E-state index < -0.39 is 84.6 Å². The molecule has 2 aromatic rings. The second kappa shape index (κ2) is 25.6. The average Bonchev–Trinajstić information content (AvgIpc) is 3.30. The molecule has 71 heavy (non-hydrogen) atoms. The van der Waals surface area contributed by atoms with Crippen LogP contribution in [0.5, 0.6) is 0 Å². The molecule has 2 aliphatic rings. The van der Waals surface area contributed by atoms with E-state index in [4.69, 9.17) is 32.9 Å². The molecule has 0 saturated carbocycles. The molecule has 22 heteroatoms. The summed E-state index contributed by atoms with van der Waals surface area (Å²) >= 11 is 0. The Balaban J connectivity index is 1.43. The summed E-state index contributed by atoms with van der Waals surface area (Å²) in [6.07, 6.45) is 1.50. The fraction of sp³-hybridized carbons (Fsp3) is 0.714. The fourth-order valence-electron chi connectivity index (χ4n) is 10.0. The van der Waals surface area contributed by atoms with Gasteiger partial charge in [0.2, 0.25) is 11.8 Å². The Labute approximate surface area is 443 Å². The molecule has 0 aromatic heterocycles. The van der Waals surface area contributed by atoms with Crippen molar-refractivity contribution in [1.82, 2.24) is 0 Å². The summed E-state index contributed by atoms with van der Waals surface area (Å²) in [5.74, 6) is -0.333. The van der Waals surface area contributed by atoms with Crippen LogP contribution in [0.15, 0.2) is 60.7 Å². The molecule has 2 saturated heterocycles. The third-order valence-electron chi connectivity index (χ3n) is 15.3. The molecule has 12 nitrogen and oxygen atoms in total. The van der Waals surface area contributed by atoms with Gasteiger partial charge in [-0.3, -0.25) is 9.59 Å². The van der Waals surface area contributed by atoms with Crippen molar-refractivity contribution in [2.24, 2.45) is 0 Å². The highest BCUT2D eigenvalue weighted by Crippen LogP contribution is 2.41. The van der Waals surface area contributed by atoms with Gasteiger partial charge in [-0.25, -0.2) is 0 Å². The van der Waals surface area contributed by atoms with Gasteiger partial charge < -0.3 is 42.7 Å². The third-order valence-corrected chi connectivity index (χ3v) is 60.6. The van der Waals surface area contributed by atoms with Crippen molar-refractivity contribution in [1.29, 1.82) is 0 Å². The summed E-state index contributed by atoms with van der Waals surface area (Å²) in [5.41, 5.74) is 1.65. The van der Waals surface area contributed by atoms with Gasteiger partial charge in [0.1, 0.15) is 6.42 Å². The van der Waals surface area contributed by atoms with Crippen molar-refractivity contribution in [3.05, 3.63) is 60.7 Å². The first-order valence-electron chi connectivity index (χ1n) is 27.2. The maximum atomic E-state index is 14.5. The first-order valence-corrected chi connectivity index (χ1v) is 54.2. The van der Waals surface area contributed by atoms with Gasteiger partial charge in [0.15, 0.2) is 0 Å². The number of rotatable bonds is 24. The lowest BCUT2D eigenvalue weighted by Gasteiger charge is -2.50. The molecule has 4 unspecified atom stereocenters. The van der Waals surface area contributed by atoms with Crippen molar-refractivity contribution in [2.75, 3.05) is 22.9 Å². The number of carbonyl (C=O) groups is 2. The minimum atomic E-state index is -2.65. The molecule has 0 N–H and O–H groups in total. The van der Waals surface area contributed by atoms with Crippen LogP contribution in [0.4, 0.5) is 11.4 Å². The highest BCUT2D eigenvalue weighted by molar-refractivity contribution is 6.95. The van der Waals surface area contributed by atoms with Crippen LogP contribution in [0.3, 0.4) is 0 Å². The van der Waals surface area contributed by atoms with E-state index in [9.17, 15) is 9.59 Å². The van der Waals surface area contributed by atoms with Crippen molar-refractivity contribution in [2.45, 2.75) is 212 Å². The van der Waals surface area contributed by atoms with Gasteiger partial charge in [-0.1, -0.05) is 128 Å². The van der Waals surface area contributed by atoms with Gasteiger partial charge in [0.25, 0.3) is 0 Å². The Bertz CT molecular complexity index is 1830. The SMILES string of the molecule is CC[Si]1(C)O[Si](C)(CC)O[Si](C)(CC[Si](C)(C)CCCN(C(=O)CC(=O)N(CCC[Si](C)(C)CC[Si]2(C)O[Si](C)(CC)O[Si](C)(CC)O[Si](C)(CC)O2)c2ccccc2)c2ccccc2)O[Si](C)(CC)O1. The fourth-order valence-corrected chi connectivity index (χ4v) is 63.9. The molecule has 0 radical (unpaired) electrons. The van der Waals surface area contributed by atoms with Crippen LogP contribution in [-0.4, -0.2) is 110 Å². The monoisotopic (exact) mass is 1150 g/mol. The Hall–Kier alpha value is -0.771. The van der Waals surface area contributed by atoms with Crippen LogP contribution in [0.1, 0.15) is 60.8 Å². The Kier molecular flexibility index (Phi) is 22.6. The molecule has 4 atom stereocenters. The predicted octanol–water partition coefficient (Wildman–Crippen LogP) is 14.5. The van der Waals surface area contributed by atoms with Gasteiger partial charge in [0.05, 0.1) is 0 Å². The number of anilines is 2. The number of para-hydroxylation sites is 2. The summed E-state index contributed by atoms with van der Waals surface area (Å²) < 4.78 is 56.6. The van der Waals surface area contributed by atoms with Gasteiger partial charge in [-0.15, -0.1) is 0 Å². The number of hydrogen-bond acceptors (Lipinski definition) is 10. The van der Waals surface area contributed by atoms with Gasteiger partial charge in [-0.05, 0) is 138 Å². The van der Waals surface area contributed by atoms with Crippen LogP contribution in [0.25, 0.3) is 0 Å². The first kappa shape index (κ1) is 62.8. The lowest BCUT2D eigenvalue weighted by molar-refractivity contribution is -0.126. The summed E-state index contributed by atoms with van der Waals surface area (Å²) in [6, 6.07) is 31.0. The zero-order chi connectivity index (χ0) is 53.2. The van der Waals surface area contributed by atoms with Gasteiger partial charge in [0, 0.05) is 40.6 Å². The topological polar surface area (TPSA) is 114 Å². The Morgan fingerprint density at radius 2 is 0.634 bits per heavy atom. The zero-order valence-electron chi connectivity index (χ0n) is 47.8. The number of benzene rings is 2. The maximum absolute atomic E-state index is 14.5. The van der Waals surface area contributed by atoms with Crippen LogP contribution in [0, 0.1) is 0 Å². The smallest absolute Gasteiger partial charge is 0.317 e. The lowest BCUT2D eigenvalue weighted by atomic mass is 10.2. The predicted molar refractivity (Wildman–Crippen MR) is 320 cm³/mol. The third kappa shape index (κ3) is 18.7. The molecule has 2 amide bonds. The van der Waals surface area contributed by atoms with E-state index in [-0.39, 0.29) is 18.2 Å². The van der Waals surface area contributed by atoms with Crippen molar-refractivity contribution < 1.29 is 42.5 Å². The molecule has 2 aliphatic heterocycles. The minimum Gasteiger partial charge on any atom is -0.416 e. The Morgan fingerprint density at radius 1 is 0.394 bits per heavy atom. The zero-order valence-corrected chi connectivity index (χ0v) is 57.8. The second-order valence-corrected chi connectivity index (χ2v) is 64.1. The first-order chi connectivity index (χ1) is 32.9. The van der Waals surface area contributed by atoms with Gasteiger partial charge in [-0.2, -0.15) is 0 Å². The molecule has 404 valence electrons. The largest absolute Gasteiger partial charge is 0.416 e. The molecular formula is C49H98N2O10Si10. The number of carbonyl (C=O) groups excluding carboxylic acids is 2. The normalized spacial score (nSPS) is 32.0. The summed E-state index contributed by atoms with van der Waals surface area (Å²) in [7, 11) is -23.8. The summed E-state index contributed by atoms with van der Waals surface area (Å²) in [6.45, 7) is 41.8. The van der Waals surface area contributed by atoms with E-state index >= 15 is 0 Å². The van der Waals surface area contributed by atoms with Crippen molar-refractivity contribution in [3.63, 3.8) is 0 Å². The standard InChI is InChI=1S/C49H98N2O10Si10/c1-19-64(11)54-66(13,21-3)58-70(17,59-67(14,22-4)55-64)43-41-62(7,8)39-31-37-50(46-33-27-25-28-34-46)48(52)45-49(53)51(47-35-29-26-30-36-47)38-32-40-63(9,10)42-44-71(18)60-68(15,23-5)56-65(12,20-2)57-69(16,24-6)61-71/h25-30,33-36H,19-24,31-32,37-45H2,1-18H3. The molecule has 2 aromatic carbocycles. The highest BCUT2D eigenvalue weighted by Gasteiger charge is 2.57. The van der Waals surface area contributed by atoms with Crippen molar-refractivity contribution >= 4 is 108 Å². The van der Waals surface area contributed by atoms with E-state index in [2.05, 4.69) is 120 Å². The van der Waals surface area contributed by atoms with E-state index in [1.807, 2.05) is 70.5 Å². The molecule has 0 aliphatic carbocycles. The second-order valence-electron chi connectivity index (χ2n) is 23.5. The molecule has 0 bridgehead atoms. The van der Waals surface area contributed by atoms with Crippen LogP contribution in [-0.2, 0) is 42.5 Å².